The number of ether oxygens (including phenoxy) is 1. The summed E-state index contributed by atoms with van der Waals surface area (Å²) in [7, 11) is 0.625. The van der Waals surface area contributed by atoms with Gasteiger partial charge in [-0.1, -0.05) is 19.1 Å². The Morgan fingerprint density at radius 1 is 1.14 bits per heavy atom. The van der Waals surface area contributed by atoms with Crippen molar-refractivity contribution in [3.63, 3.8) is 0 Å². The molecule has 0 atom stereocenters. The number of carboxylic acids is 1. The lowest BCUT2D eigenvalue weighted by molar-refractivity contribution is -0.140. The molecule has 14 heavy (non-hydrogen) atoms. The first kappa shape index (κ1) is 2.74. The van der Waals surface area contributed by atoms with Crippen LogP contribution in [0.15, 0.2) is 0 Å². The van der Waals surface area contributed by atoms with Crippen molar-refractivity contribution in [1.29, 1.82) is 0 Å². The first-order valence-corrected chi connectivity index (χ1v) is 3.24. The van der Waals surface area contributed by atoms with Gasteiger partial charge in [0.05, 0.1) is 7.11 Å². The van der Waals surface area contributed by atoms with Crippen molar-refractivity contribution in [2.24, 2.45) is 0 Å². The molecule has 0 fully saturated rings. The van der Waals surface area contributed by atoms with E-state index < -0.39 is 56.5 Å². The van der Waals surface area contributed by atoms with E-state index in [2.05, 4.69) is 4.74 Å². The van der Waals surface area contributed by atoms with Gasteiger partial charge in [0.15, 0.2) is 0 Å². The molecule has 0 saturated heterocycles. The number of methoxy groups -OCH3 is 1. The minimum Gasteiger partial charge on any atom is -0.481 e. The Morgan fingerprint density at radius 3 is 2.14 bits per heavy atom. The smallest absolute Gasteiger partial charge is 0.305 e. The quantitative estimate of drug-likeness (QED) is 0.630. The Hall–Kier alpha value is -1.06. The third-order valence-corrected chi connectivity index (χ3v) is 0.769. The largest absolute Gasteiger partial charge is 0.481 e. The van der Waals surface area contributed by atoms with E-state index in [-0.39, 0.29) is 0 Å². The Morgan fingerprint density at radius 2 is 1.64 bits per heavy atom. The minimum absolute atomic E-state index is 0.625. The van der Waals surface area contributed by atoms with Crippen LogP contribution in [0.1, 0.15) is 63.8 Å². The molecule has 4 heteroatoms. The van der Waals surface area contributed by atoms with Crippen molar-refractivity contribution < 1.29 is 38.6 Å². The molecule has 0 aromatic carbocycles. The maximum absolute atomic E-state index is 11.5. The number of rotatable bonds is 8. The van der Waals surface area contributed by atoms with Crippen LogP contribution in [-0.4, -0.2) is 24.2 Å². The summed E-state index contributed by atoms with van der Waals surface area (Å²) in [6, 6.07) is 0. The molecule has 0 spiro atoms. The highest BCUT2D eigenvalue weighted by atomic mass is 16.5. The van der Waals surface area contributed by atoms with Crippen molar-refractivity contribution in [2.45, 2.75) is 44.6 Å². The zero-order chi connectivity index (χ0) is 23.4. The average molecular weight is 216 g/mol. The van der Waals surface area contributed by atoms with Gasteiger partial charge in [-0.3, -0.25) is 9.59 Å². The number of hydrogen-bond acceptors (Lipinski definition) is 3. The van der Waals surface area contributed by atoms with Gasteiger partial charge < -0.3 is 9.84 Å². The molecule has 0 rings (SSSR count). The molecule has 0 aromatic rings. The molecule has 0 aromatic heterocycles. The van der Waals surface area contributed by atoms with E-state index in [0.717, 1.165) is 0 Å². The van der Waals surface area contributed by atoms with Crippen molar-refractivity contribution >= 4 is 11.9 Å². The summed E-state index contributed by atoms with van der Waals surface area (Å²) in [5, 5.41) is 8.81. The molecular weight excluding hydrogens is 184 g/mol. The Bertz CT molecular complexity index is 640. The molecule has 0 amide bonds. The van der Waals surface area contributed by atoms with Gasteiger partial charge >= 0.3 is 11.9 Å². The minimum atomic E-state index is -4.39. The zero-order valence-corrected chi connectivity index (χ0v) is 7.17. The third kappa shape index (κ3) is 9.03. The highest BCUT2D eigenvalue weighted by Crippen LogP contribution is 2.07. The van der Waals surface area contributed by atoms with E-state index in [0.29, 0.717) is 7.11 Å². The lowest BCUT2D eigenvalue weighted by Crippen LogP contribution is -1.99. The molecule has 0 heterocycles. The summed E-state index contributed by atoms with van der Waals surface area (Å²) in [5.41, 5.74) is 0. The summed E-state index contributed by atoms with van der Waals surface area (Å²) in [5.74, 6) is -4.51. The molecular formula is C10H18O4. The zero-order valence-electron chi connectivity index (χ0n) is 21.2. The average Bonchev–Trinajstić information content (AvgIpc) is 2.52. The fourth-order valence-electron chi connectivity index (χ4n) is 0.312. The first-order chi connectivity index (χ1) is 11.9. The van der Waals surface area contributed by atoms with Crippen LogP contribution < -0.4 is 0 Å². The van der Waals surface area contributed by atoms with Gasteiger partial charge in [0.25, 0.3) is 0 Å². The van der Waals surface area contributed by atoms with Crippen LogP contribution in [0.3, 0.4) is 0 Å². The van der Waals surface area contributed by atoms with E-state index in [1.807, 2.05) is 0 Å². The molecule has 0 radical (unpaired) electrons. The topological polar surface area (TPSA) is 63.6 Å². The normalized spacial score (nSPS) is 31.8. The molecule has 0 bridgehead atoms. The van der Waals surface area contributed by atoms with Crippen molar-refractivity contribution in [3.8, 4) is 0 Å². The SMILES string of the molecule is [2H]C([2H])(C(=O)O)C([2H])([2H])C([2H])([2H])C([2H])([2H])C([2H])([2H])C([2H])([2H])C([2H])([2H])C(=O)OC. The van der Waals surface area contributed by atoms with Gasteiger partial charge in [0, 0.05) is 31.9 Å². The number of carbonyl (C=O) groups is 2. The highest BCUT2D eigenvalue weighted by Gasteiger charge is 2.00. The lowest BCUT2D eigenvalue weighted by atomic mass is 10.1. The van der Waals surface area contributed by atoms with Gasteiger partial charge in [0.2, 0.25) is 0 Å². The van der Waals surface area contributed by atoms with Gasteiger partial charge in [-0.05, 0) is 12.7 Å². The maximum atomic E-state index is 11.5. The number of carbonyl (C=O) groups excluding carboxylic acids is 1. The molecule has 0 aliphatic carbocycles. The van der Waals surface area contributed by atoms with Crippen molar-refractivity contribution in [3.05, 3.63) is 0 Å². The Labute approximate surface area is 104 Å². The van der Waals surface area contributed by atoms with Gasteiger partial charge in [-0.2, -0.15) is 0 Å². The molecule has 4 nitrogen and oxygen atoms in total. The number of hydrogen-bond donors (Lipinski definition) is 1. The van der Waals surface area contributed by atoms with E-state index in [1.54, 1.807) is 0 Å². The number of esters is 1. The predicted octanol–water partition coefficient (Wildman–Crippen LogP) is 1.97. The molecule has 82 valence electrons. The lowest BCUT2D eigenvalue weighted by Gasteiger charge is -1.99. The standard InChI is InChI=1S/C10H18O4/c1-14-10(13)8-6-4-2-3-5-7-9(11)12/h2-8H2,1H3,(H,11,12)/i2D2,3D2,4D2,5D2,6D2,7D2,8D2. The summed E-state index contributed by atoms with van der Waals surface area (Å²) in [6.07, 6.45) is -29.5. The van der Waals surface area contributed by atoms with Gasteiger partial charge in [-0.15, -0.1) is 0 Å². The fourth-order valence-corrected chi connectivity index (χ4v) is 0.312. The van der Waals surface area contributed by atoms with Crippen LogP contribution >= 0.6 is 0 Å². The van der Waals surface area contributed by atoms with Crippen LogP contribution in [-0.2, 0) is 14.3 Å². The first-order valence-electron chi connectivity index (χ1n) is 10.2. The van der Waals surface area contributed by atoms with Crippen LogP contribution in [0.2, 0.25) is 0 Å². The monoisotopic (exact) mass is 216 g/mol. The fraction of sp³-hybridized carbons (Fsp3) is 0.800. The summed E-state index contributed by atoms with van der Waals surface area (Å²) in [6.45, 7) is 0. The third-order valence-electron chi connectivity index (χ3n) is 0.769. The van der Waals surface area contributed by atoms with E-state index >= 15 is 0 Å². The predicted molar refractivity (Wildman–Crippen MR) is 52.0 cm³/mol. The summed E-state index contributed by atoms with van der Waals surface area (Å²) < 4.78 is 110. The van der Waals surface area contributed by atoms with Crippen molar-refractivity contribution in [2.75, 3.05) is 7.11 Å². The van der Waals surface area contributed by atoms with Crippen LogP contribution in [0.5, 0.6) is 0 Å². The Kier molecular flexibility index (Phi) is 1.67. The second-order valence-corrected chi connectivity index (χ2v) is 1.67. The maximum Gasteiger partial charge on any atom is 0.305 e. The van der Waals surface area contributed by atoms with E-state index in [1.165, 1.54) is 0 Å². The highest BCUT2D eigenvalue weighted by molar-refractivity contribution is 5.69. The van der Waals surface area contributed by atoms with E-state index in [4.69, 9.17) is 24.3 Å². The number of aliphatic carboxylic acids is 1. The molecule has 0 aliphatic heterocycles. The molecule has 0 aliphatic rings. The molecule has 0 unspecified atom stereocenters. The van der Waals surface area contributed by atoms with Gasteiger partial charge in [-0.25, -0.2) is 0 Å². The molecule has 1 N–H and O–H groups in total. The van der Waals surface area contributed by atoms with Crippen LogP contribution in [0.25, 0.3) is 0 Å². The second-order valence-electron chi connectivity index (χ2n) is 1.67. The van der Waals surface area contributed by atoms with E-state index in [9.17, 15) is 9.59 Å². The Balaban J connectivity index is 6.71. The number of carboxylic acid groups (broad SMARTS) is 1. The van der Waals surface area contributed by atoms with Crippen LogP contribution in [0.4, 0.5) is 0 Å². The van der Waals surface area contributed by atoms with Crippen molar-refractivity contribution in [1.82, 2.24) is 0 Å². The summed E-state index contributed by atoms with van der Waals surface area (Å²) in [4.78, 5) is 22.5. The summed E-state index contributed by atoms with van der Waals surface area (Å²) >= 11 is 0. The van der Waals surface area contributed by atoms with Crippen LogP contribution in [0, 0.1) is 0 Å². The molecule has 0 saturated carbocycles. The van der Waals surface area contributed by atoms with Gasteiger partial charge in [0.1, 0.15) is 0 Å². The second kappa shape index (κ2) is 8.53.